The van der Waals surface area contributed by atoms with Gasteiger partial charge in [-0.1, -0.05) is 35.6 Å². The number of carbonyl (C=O) groups is 1. The second-order valence-electron chi connectivity index (χ2n) is 8.16. The number of nitro benzene ring substituents is 1. The molecule has 0 bridgehead atoms. The Morgan fingerprint density at radius 1 is 1.23 bits per heavy atom. The van der Waals surface area contributed by atoms with Gasteiger partial charge in [0.15, 0.2) is 4.80 Å². The summed E-state index contributed by atoms with van der Waals surface area (Å²) in [6, 6.07) is 12.4. The minimum Gasteiger partial charge on any atom is -0.497 e. The van der Waals surface area contributed by atoms with Crippen LogP contribution in [0.5, 0.6) is 5.75 Å². The SMILES string of the molecule is COc1ccc(C2C(C(=O)OC(C)C)=C(C)N=c3sc(=Cc4cccc([N+](=O)[O-])c4)c(=O)n32)cc1. The molecule has 3 aromatic rings. The van der Waals surface area contributed by atoms with Crippen molar-refractivity contribution in [2.24, 2.45) is 4.99 Å². The maximum absolute atomic E-state index is 13.6. The molecule has 35 heavy (non-hydrogen) atoms. The quantitative estimate of drug-likeness (QED) is 0.296. The summed E-state index contributed by atoms with van der Waals surface area (Å²) in [5, 5.41) is 11.1. The van der Waals surface area contributed by atoms with Crippen molar-refractivity contribution >= 4 is 29.1 Å². The van der Waals surface area contributed by atoms with E-state index in [9.17, 15) is 19.7 Å². The molecule has 0 fully saturated rings. The summed E-state index contributed by atoms with van der Waals surface area (Å²) < 4.78 is 12.6. The summed E-state index contributed by atoms with van der Waals surface area (Å²) in [6.45, 7) is 5.22. The number of benzene rings is 2. The minimum atomic E-state index is -0.754. The standard InChI is InChI=1S/C25H23N3O6S/c1-14(2)34-24(30)21-15(3)26-25-27(22(21)17-8-10-19(33-4)11-9-17)23(29)20(35-25)13-16-6-5-7-18(12-16)28(31)32/h5-14,22H,1-4H3. The van der Waals surface area contributed by atoms with Crippen LogP contribution in [0.25, 0.3) is 6.08 Å². The Morgan fingerprint density at radius 2 is 1.94 bits per heavy atom. The summed E-state index contributed by atoms with van der Waals surface area (Å²) >= 11 is 1.16. The van der Waals surface area contributed by atoms with Gasteiger partial charge in [-0.3, -0.25) is 19.5 Å². The lowest BCUT2D eigenvalue weighted by Gasteiger charge is -2.25. The first-order valence-electron chi connectivity index (χ1n) is 10.8. The first-order chi connectivity index (χ1) is 16.7. The average Bonchev–Trinajstić information content (AvgIpc) is 3.12. The summed E-state index contributed by atoms with van der Waals surface area (Å²) in [5.74, 6) is 0.0915. The molecule has 0 N–H and O–H groups in total. The van der Waals surface area contributed by atoms with Crippen LogP contribution in [0.1, 0.15) is 37.9 Å². The number of allylic oxidation sites excluding steroid dienone is 1. The number of nitrogens with zero attached hydrogens (tertiary/aromatic N) is 3. The monoisotopic (exact) mass is 493 g/mol. The molecule has 0 saturated carbocycles. The van der Waals surface area contributed by atoms with Crippen molar-refractivity contribution < 1.29 is 19.2 Å². The van der Waals surface area contributed by atoms with E-state index in [4.69, 9.17) is 9.47 Å². The van der Waals surface area contributed by atoms with Crippen molar-refractivity contribution in [3.63, 3.8) is 0 Å². The number of aromatic nitrogens is 1. The van der Waals surface area contributed by atoms with Gasteiger partial charge in [0, 0.05) is 12.1 Å². The van der Waals surface area contributed by atoms with Crippen LogP contribution in [-0.2, 0) is 9.53 Å². The highest BCUT2D eigenvalue weighted by atomic mass is 32.1. The van der Waals surface area contributed by atoms with Crippen molar-refractivity contribution in [2.45, 2.75) is 32.9 Å². The van der Waals surface area contributed by atoms with Crippen LogP contribution in [0.15, 0.2) is 69.6 Å². The van der Waals surface area contributed by atoms with Crippen LogP contribution in [0, 0.1) is 10.1 Å². The molecule has 1 unspecified atom stereocenters. The van der Waals surface area contributed by atoms with E-state index in [0.29, 0.717) is 31.9 Å². The molecule has 1 aliphatic heterocycles. The first kappa shape index (κ1) is 24.1. The molecule has 0 radical (unpaired) electrons. The Morgan fingerprint density at radius 3 is 2.57 bits per heavy atom. The number of carbonyl (C=O) groups excluding carboxylic acids is 1. The molecular formula is C25H23N3O6S. The van der Waals surface area contributed by atoms with Gasteiger partial charge in [0.25, 0.3) is 11.2 Å². The van der Waals surface area contributed by atoms with Gasteiger partial charge in [-0.2, -0.15) is 0 Å². The third-order valence-electron chi connectivity index (χ3n) is 5.39. The summed E-state index contributed by atoms with van der Waals surface area (Å²) in [6.07, 6.45) is 1.24. The van der Waals surface area contributed by atoms with Crippen LogP contribution in [0.2, 0.25) is 0 Å². The number of thiazole rings is 1. The molecule has 1 atom stereocenters. The zero-order chi connectivity index (χ0) is 25.3. The van der Waals surface area contributed by atoms with Gasteiger partial charge in [-0.05, 0) is 50.1 Å². The number of nitro groups is 1. The summed E-state index contributed by atoms with van der Waals surface area (Å²) in [4.78, 5) is 42.3. The highest BCUT2D eigenvalue weighted by Crippen LogP contribution is 2.31. The van der Waals surface area contributed by atoms with Crippen LogP contribution in [-0.4, -0.2) is 28.7 Å². The van der Waals surface area contributed by atoms with Crippen LogP contribution in [0.3, 0.4) is 0 Å². The predicted molar refractivity (Wildman–Crippen MR) is 131 cm³/mol. The van der Waals surface area contributed by atoms with E-state index in [1.807, 2.05) is 0 Å². The first-order valence-corrected chi connectivity index (χ1v) is 11.6. The molecule has 1 aliphatic rings. The second-order valence-corrected chi connectivity index (χ2v) is 9.17. The largest absolute Gasteiger partial charge is 0.497 e. The molecule has 0 amide bonds. The molecular weight excluding hydrogens is 470 g/mol. The van der Waals surface area contributed by atoms with Gasteiger partial charge in [0.2, 0.25) is 0 Å². The van der Waals surface area contributed by atoms with Crippen LogP contribution in [0.4, 0.5) is 5.69 Å². The lowest BCUT2D eigenvalue weighted by molar-refractivity contribution is -0.384. The van der Waals surface area contributed by atoms with Crippen molar-refractivity contribution in [2.75, 3.05) is 7.11 Å². The highest BCUT2D eigenvalue weighted by Gasteiger charge is 2.33. The summed E-state index contributed by atoms with van der Waals surface area (Å²) in [5.41, 5.74) is 1.51. The molecule has 9 nitrogen and oxygen atoms in total. The fraction of sp³-hybridized carbons (Fsp3) is 0.240. The van der Waals surface area contributed by atoms with Gasteiger partial charge in [-0.25, -0.2) is 9.79 Å². The van der Waals surface area contributed by atoms with Crippen LogP contribution < -0.4 is 19.6 Å². The molecule has 0 saturated heterocycles. The molecule has 0 aliphatic carbocycles. The van der Waals surface area contributed by atoms with E-state index >= 15 is 0 Å². The van der Waals surface area contributed by atoms with Gasteiger partial charge in [0.1, 0.15) is 5.75 Å². The Hall–Kier alpha value is -4.05. The number of fused-ring (bicyclic) bond motifs is 1. The summed E-state index contributed by atoms with van der Waals surface area (Å²) in [7, 11) is 1.56. The van der Waals surface area contributed by atoms with E-state index in [0.717, 1.165) is 11.3 Å². The maximum Gasteiger partial charge on any atom is 0.338 e. The molecule has 1 aromatic heterocycles. The average molecular weight is 494 g/mol. The number of esters is 1. The zero-order valence-corrected chi connectivity index (χ0v) is 20.4. The third kappa shape index (κ3) is 4.78. The van der Waals surface area contributed by atoms with Crippen molar-refractivity contribution in [1.82, 2.24) is 4.57 Å². The second kappa shape index (κ2) is 9.67. The van der Waals surface area contributed by atoms with Gasteiger partial charge in [-0.15, -0.1) is 0 Å². The van der Waals surface area contributed by atoms with Crippen molar-refractivity contribution in [3.05, 3.63) is 101 Å². The topological polar surface area (TPSA) is 113 Å². The number of hydrogen-bond donors (Lipinski definition) is 0. The lowest BCUT2D eigenvalue weighted by atomic mass is 9.96. The number of methoxy groups -OCH3 is 1. The van der Waals surface area contributed by atoms with Gasteiger partial charge < -0.3 is 9.47 Å². The number of hydrogen-bond acceptors (Lipinski definition) is 8. The van der Waals surface area contributed by atoms with E-state index in [-0.39, 0.29) is 22.9 Å². The number of non-ortho nitro benzene ring substituents is 1. The molecule has 10 heteroatoms. The molecule has 2 aromatic carbocycles. The maximum atomic E-state index is 13.6. The normalized spacial score (nSPS) is 15.6. The molecule has 0 spiro atoms. The van der Waals surface area contributed by atoms with Crippen LogP contribution >= 0.6 is 11.3 Å². The molecule has 2 heterocycles. The smallest absolute Gasteiger partial charge is 0.338 e. The fourth-order valence-electron chi connectivity index (χ4n) is 3.84. The molecule has 180 valence electrons. The Labute approximate surface area is 204 Å². The lowest BCUT2D eigenvalue weighted by Crippen LogP contribution is -2.40. The predicted octanol–water partition coefficient (Wildman–Crippen LogP) is 3.10. The third-order valence-corrected chi connectivity index (χ3v) is 6.38. The van der Waals surface area contributed by atoms with Crippen molar-refractivity contribution in [3.8, 4) is 5.75 Å². The molecule has 4 rings (SSSR count). The zero-order valence-electron chi connectivity index (χ0n) is 19.6. The van der Waals surface area contributed by atoms with E-state index in [2.05, 4.69) is 4.99 Å². The fourth-order valence-corrected chi connectivity index (χ4v) is 4.89. The van der Waals surface area contributed by atoms with Gasteiger partial charge in [0.05, 0.1) is 40.0 Å². The van der Waals surface area contributed by atoms with E-state index < -0.39 is 16.9 Å². The number of rotatable bonds is 6. The van der Waals surface area contributed by atoms with E-state index in [1.54, 1.807) is 70.4 Å². The Balaban J connectivity index is 1.92. The minimum absolute atomic E-state index is 0.0720. The van der Waals surface area contributed by atoms with Gasteiger partial charge >= 0.3 is 5.97 Å². The van der Waals surface area contributed by atoms with Crippen molar-refractivity contribution in [1.29, 1.82) is 0 Å². The Kier molecular flexibility index (Phi) is 6.65. The van der Waals surface area contributed by atoms with E-state index in [1.165, 1.54) is 16.7 Å². The number of ether oxygens (including phenoxy) is 2. The highest BCUT2D eigenvalue weighted by molar-refractivity contribution is 7.07. The Bertz CT molecular complexity index is 1520.